The largest absolute Gasteiger partial charge is 0.478 e. The number of aliphatic hydroxyl groups is 2. The van der Waals surface area contributed by atoms with Crippen molar-refractivity contribution in [3.8, 4) is 0 Å². The molecule has 0 saturated heterocycles. The van der Waals surface area contributed by atoms with Crippen molar-refractivity contribution in [2.45, 2.75) is 0 Å². The average molecular weight is 301 g/mol. The van der Waals surface area contributed by atoms with Crippen LogP contribution in [-0.4, -0.2) is 45.6 Å². The van der Waals surface area contributed by atoms with Gasteiger partial charge in [-0.1, -0.05) is 0 Å². The van der Waals surface area contributed by atoms with Crippen molar-refractivity contribution in [3.63, 3.8) is 0 Å². The minimum atomic E-state index is -1.06. The zero-order valence-electron chi connectivity index (χ0n) is 9.15. The second kappa shape index (κ2) is 12.1. The first-order valence-corrected chi connectivity index (χ1v) is 4.31. The molecule has 0 heterocycles. The Bertz CT molecular complexity index is 317. The fourth-order valence-electron chi connectivity index (χ4n) is 0.755. The summed E-state index contributed by atoms with van der Waals surface area (Å²) in [6.45, 7) is -0.250. The number of rotatable bonds is 3. The maximum absolute atomic E-state index is 10.3. The Labute approximate surface area is 116 Å². The van der Waals surface area contributed by atoms with Crippen LogP contribution < -0.4 is 0 Å². The molecule has 0 spiro atoms. The van der Waals surface area contributed by atoms with E-state index in [-0.39, 0.29) is 49.2 Å². The molecule has 0 aromatic heterocycles. The van der Waals surface area contributed by atoms with Gasteiger partial charge in [0.1, 0.15) is 0 Å². The maximum Gasteiger partial charge on any atom is 0.335 e. The molecule has 0 bridgehead atoms. The fourth-order valence-corrected chi connectivity index (χ4v) is 0.755. The van der Waals surface area contributed by atoms with Gasteiger partial charge >= 0.3 is 11.9 Å². The zero-order valence-corrected chi connectivity index (χ0v) is 10.8. The first-order valence-electron chi connectivity index (χ1n) is 4.31. The van der Waals surface area contributed by atoms with E-state index in [2.05, 4.69) is 0 Å². The molecule has 0 aliphatic carbocycles. The summed E-state index contributed by atoms with van der Waals surface area (Å²) in [5, 5.41) is 32.2. The lowest BCUT2D eigenvalue weighted by atomic mass is 10.1. The van der Waals surface area contributed by atoms with Crippen LogP contribution in [0, 0.1) is 0 Å². The van der Waals surface area contributed by atoms with E-state index in [1.54, 1.807) is 0 Å². The highest BCUT2D eigenvalue weighted by Gasteiger charge is 2.04. The fraction of sp³-hybridized carbons (Fsp3) is 0.200. The van der Waals surface area contributed by atoms with Gasteiger partial charge in [-0.25, -0.2) is 9.59 Å². The van der Waals surface area contributed by atoms with E-state index in [9.17, 15) is 9.59 Å². The molecule has 0 saturated carbocycles. The van der Waals surface area contributed by atoms with Crippen molar-refractivity contribution in [1.82, 2.24) is 0 Å². The van der Waals surface area contributed by atoms with Crippen LogP contribution in [0.5, 0.6) is 0 Å². The quantitative estimate of drug-likeness (QED) is 0.659. The lowest BCUT2D eigenvalue weighted by Crippen LogP contribution is -1.99. The van der Waals surface area contributed by atoms with E-state index in [1.807, 2.05) is 0 Å². The van der Waals surface area contributed by atoms with Gasteiger partial charge in [-0.15, -0.1) is 24.8 Å². The summed E-state index contributed by atoms with van der Waals surface area (Å²) in [6, 6.07) is 5.02. The molecular weight excluding hydrogens is 287 g/mol. The van der Waals surface area contributed by atoms with Gasteiger partial charge in [0.25, 0.3) is 0 Å². The molecule has 8 heteroatoms. The Hall–Kier alpha value is -1.34. The minimum Gasteiger partial charge on any atom is -0.478 e. The van der Waals surface area contributed by atoms with Crippen LogP contribution in [0.4, 0.5) is 0 Å². The van der Waals surface area contributed by atoms with Crippen molar-refractivity contribution in [1.29, 1.82) is 0 Å². The van der Waals surface area contributed by atoms with Gasteiger partial charge < -0.3 is 20.4 Å². The van der Waals surface area contributed by atoms with Crippen molar-refractivity contribution < 1.29 is 30.0 Å². The van der Waals surface area contributed by atoms with Gasteiger partial charge in [0.05, 0.1) is 24.3 Å². The number of hydrogen-bond acceptors (Lipinski definition) is 4. The molecule has 0 atom stereocenters. The van der Waals surface area contributed by atoms with Crippen molar-refractivity contribution in [3.05, 3.63) is 35.4 Å². The van der Waals surface area contributed by atoms with Crippen LogP contribution in [0.1, 0.15) is 20.7 Å². The Morgan fingerprint density at radius 2 is 1.00 bits per heavy atom. The number of carboxylic acid groups (broad SMARTS) is 2. The summed E-state index contributed by atoms with van der Waals surface area (Å²) < 4.78 is 0. The molecule has 1 aromatic carbocycles. The third-order valence-corrected chi connectivity index (χ3v) is 1.48. The third kappa shape index (κ3) is 8.77. The molecule has 0 amide bonds. The molecule has 1 aromatic rings. The number of hydrogen-bond donors (Lipinski definition) is 4. The highest BCUT2D eigenvalue weighted by molar-refractivity contribution is 5.91. The van der Waals surface area contributed by atoms with Gasteiger partial charge in [-0.2, -0.15) is 0 Å². The normalized spacial score (nSPS) is 7.89. The number of aromatic carboxylic acids is 2. The zero-order chi connectivity index (χ0) is 12.6. The molecule has 0 unspecified atom stereocenters. The average Bonchev–Trinajstić information content (AvgIpc) is 2.29. The monoisotopic (exact) mass is 300 g/mol. The van der Waals surface area contributed by atoms with Gasteiger partial charge in [0, 0.05) is 0 Å². The predicted octanol–water partition coefficient (Wildman–Crippen LogP) is 0.898. The summed E-state index contributed by atoms with van der Waals surface area (Å²) in [4.78, 5) is 20.7. The van der Waals surface area contributed by atoms with E-state index >= 15 is 0 Å². The molecule has 0 aliphatic rings. The smallest absolute Gasteiger partial charge is 0.335 e. The lowest BCUT2D eigenvalue weighted by molar-refractivity contribution is 0.0681. The summed E-state index contributed by atoms with van der Waals surface area (Å²) in [7, 11) is 0. The highest BCUT2D eigenvalue weighted by Crippen LogP contribution is 2.03. The topological polar surface area (TPSA) is 115 Å². The summed E-state index contributed by atoms with van der Waals surface area (Å²) in [5.41, 5.74) is 0.167. The van der Waals surface area contributed by atoms with E-state index in [1.165, 1.54) is 24.3 Å². The number of benzene rings is 1. The summed E-state index contributed by atoms with van der Waals surface area (Å²) >= 11 is 0. The van der Waals surface area contributed by atoms with Gasteiger partial charge in [0.2, 0.25) is 0 Å². The van der Waals surface area contributed by atoms with Crippen molar-refractivity contribution >= 4 is 36.8 Å². The molecule has 6 nitrogen and oxygen atoms in total. The number of aliphatic hydroxyl groups excluding tert-OH is 2. The highest BCUT2D eigenvalue weighted by atomic mass is 35.5. The Balaban J connectivity index is -0.000000332. The van der Waals surface area contributed by atoms with Crippen LogP contribution in [0.2, 0.25) is 0 Å². The molecule has 4 N–H and O–H groups in total. The predicted molar refractivity (Wildman–Crippen MR) is 69.0 cm³/mol. The number of carbonyl (C=O) groups is 2. The molecule has 104 valence electrons. The van der Waals surface area contributed by atoms with Crippen LogP contribution >= 0.6 is 24.8 Å². The van der Waals surface area contributed by atoms with Crippen molar-refractivity contribution in [2.75, 3.05) is 13.2 Å². The van der Waals surface area contributed by atoms with E-state index in [0.29, 0.717) is 0 Å². The molecule has 1 rings (SSSR count). The molecule has 18 heavy (non-hydrogen) atoms. The first-order chi connectivity index (χ1) is 7.52. The Morgan fingerprint density at radius 1 is 0.778 bits per heavy atom. The second-order valence-corrected chi connectivity index (χ2v) is 2.63. The second-order valence-electron chi connectivity index (χ2n) is 2.63. The summed E-state index contributed by atoms with van der Waals surface area (Å²) in [6.07, 6.45) is 0. The van der Waals surface area contributed by atoms with E-state index in [4.69, 9.17) is 20.4 Å². The maximum atomic E-state index is 10.3. The van der Waals surface area contributed by atoms with Gasteiger partial charge in [-0.05, 0) is 24.3 Å². The number of carboxylic acids is 2. The van der Waals surface area contributed by atoms with E-state index < -0.39 is 11.9 Å². The molecule has 0 radical (unpaired) electrons. The lowest BCUT2D eigenvalue weighted by Gasteiger charge is -1.94. The van der Waals surface area contributed by atoms with Crippen LogP contribution in [0.25, 0.3) is 0 Å². The van der Waals surface area contributed by atoms with Gasteiger partial charge in [-0.3, -0.25) is 0 Å². The Morgan fingerprint density at radius 3 is 1.11 bits per heavy atom. The SMILES string of the molecule is Cl.Cl.O=C(O)c1ccc(C(=O)O)cc1.OCCO. The van der Waals surface area contributed by atoms with Crippen LogP contribution in [-0.2, 0) is 0 Å². The first kappa shape index (κ1) is 21.9. The molecule has 0 fully saturated rings. The van der Waals surface area contributed by atoms with Crippen LogP contribution in [0.3, 0.4) is 0 Å². The van der Waals surface area contributed by atoms with Crippen LogP contribution in [0.15, 0.2) is 24.3 Å². The van der Waals surface area contributed by atoms with Gasteiger partial charge in [0.15, 0.2) is 0 Å². The van der Waals surface area contributed by atoms with E-state index in [0.717, 1.165) is 0 Å². The number of halogens is 2. The minimum absolute atomic E-state index is 0. The standard InChI is InChI=1S/C8H6O4.C2H6O2.2ClH/c9-7(10)5-1-2-6(4-3-5)8(11)12;3-1-2-4;;/h1-4H,(H,9,10)(H,11,12);3-4H,1-2H2;2*1H. The molecule has 0 aliphatic heterocycles. The van der Waals surface area contributed by atoms with Crippen molar-refractivity contribution in [2.24, 2.45) is 0 Å². The third-order valence-electron chi connectivity index (χ3n) is 1.48. The molecular formula is C10H14Cl2O6. The Kier molecular flexibility index (Phi) is 14.8. The summed E-state index contributed by atoms with van der Waals surface area (Å²) in [5.74, 6) is -2.13.